The molecule has 0 bridgehead atoms. The molecular formula is C13H18N2O5S. The summed E-state index contributed by atoms with van der Waals surface area (Å²) in [7, 11) is -2.41. The van der Waals surface area contributed by atoms with Crippen molar-refractivity contribution in [2.45, 2.75) is 24.7 Å². The van der Waals surface area contributed by atoms with E-state index in [1.807, 2.05) is 0 Å². The summed E-state index contributed by atoms with van der Waals surface area (Å²) in [5, 5.41) is 8.55. The number of rotatable bonds is 7. The van der Waals surface area contributed by atoms with Gasteiger partial charge in [0.1, 0.15) is 0 Å². The second kappa shape index (κ2) is 6.68. The zero-order chi connectivity index (χ0) is 16.2. The number of carbonyl (C=O) groups is 2. The van der Waals surface area contributed by atoms with Crippen LogP contribution in [0.5, 0.6) is 0 Å². The molecule has 0 aromatic heterocycles. The number of hydrogen-bond donors (Lipinski definition) is 2. The molecule has 0 aliphatic rings. The molecule has 1 aromatic rings. The normalized spacial score (nSPS) is 11.6. The van der Waals surface area contributed by atoms with E-state index in [1.165, 1.54) is 25.2 Å². The highest BCUT2D eigenvalue weighted by Gasteiger charge is 2.22. The lowest BCUT2D eigenvalue weighted by atomic mass is 10.1. The van der Waals surface area contributed by atoms with Crippen LogP contribution < -0.4 is 5.73 Å². The number of primary amides is 1. The van der Waals surface area contributed by atoms with Crippen LogP contribution in [0, 0.1) is 6.92 Å². The van der Waals surface area contributed by atoms with Crippen molar-refractivity contribution in [3.8, 4) is 0 Å². The van der Waals surface area contributed by atoms with Crippen LogP contribution in [0.15, 0.2) is 23.1 Å². The van der Waals surface area contributed by atoms with Gasteiger partial charge in [-0.15, -0.1) is 0 Å². The van der Waals surface area contributed by atoms with E-state index >= 15 is 0 Å². The molecule has 0 fully saturated rings. The predicted molar refractivity (Wildman–Crippen MR) is 76.4 cm³/mol. The van der Waals surface area contributed by atoms with E-state index < -0.39 is 21.9 Å². The summed E-state index contributed by atoms with van der Waals surface area (Å²) >= 11 is 0. The van der Waals surface area contributed by atoms with Crippen molar-refractivity contribution in [1.29, 1.82) is 0 Å². The number of aryl methyl sites for hydroxylation is 1. The monoisotopic (exact) mass is 314 g/mol. The molecule has 21 heavy (non-hydrogen) atoms. The quantitative estimate of drug-likeness (QED) is 0.763. The maximum atomic E-state index is 12.3. The number of sulfonamides is 1. The van der Waals surface area contributed by atoms with Gasteiger partial charge in [-0.05, 0) is 31.0 Å². The highest BCUT2D eigenvalue weighted by Crippen LogP contribution is 2.19. The fourth-order valence-electron chi connectivity index (χ4n) is 1.78. The number of aliphatic carboxylic acids is 1. The number of nitrogens with zero attached hydrogens (tertiary/aromatic N) is 1. The van der Waals surface area contributed by atoms with E-state index in [0.29, 0.717) is 5.56 Å². The van der Waals surface area contributed by atoms with Crippen molar-refractivity contribution in [3.05, 3.63) is 29.3 Å². The predicted octanol–water partition coefficient (Wildman–Crippen LogP) is 0.579. The van der Waals surface area contributed by atoms with E-state index in [9.17, 15) is 18.0 Å². The third-order valence-corrected chi connectivity index (χ3v) is 4.90. The van der Waals surface area contributed by atoms with E-state index in [4.69, 9.17) is 10.8 Å². The van der Waals surface area contributed by atoms with Gasteiger partial charge in [0, 0.05) is 25.6 Å². The number of carbonyl (C=O) groups excluding carboxylic acids is 1. The molecule has 8 heteroatoms. The lowest BCUT2D eigenvalue weighted by Crippen LogP contribution is -2.28. The number of hydrogen-bond acceptors (Lipinski definition) is 4. The third-order valence-electron chi connectivity index (χ3n) is 3.05. The molecule has 0 unspecified atom stereocenters. The Balaban J connectivity index is 2.99. The molecule has 0 radical (unpaired) electrons. The standard InChI is InChI=1S/C13H18N2O5S/c1-9-5-6-10(8-11(9)13(14)18)21(19,20)15(2)7-3-4-12(16)17/h5-6,8H,3-4,7H2,1-2H3,(H2,14,18)(H,16,17). The number of carboxylic acids is 1. The molecule has 1 rings (SSSR count). The van der Waals surface area contributed by atoms with Gasteiger partial charge >= 0.3 is 5.97 Å². The fourth-order valence-corrected chi connectivity index (χ4v) is 3.02. The van der Waals surface area contributed by atoms with Gasteiger partial charge in [0.2, 0.25) is 15.9 Å². The molecule has 7 nitrogen and oxygen atoms in total. The first-order chi connectivity index (χ1) is 9.66. The van der Waals surface area contributed by atoms with E-state index in [1.54, 1.807) is 6.92 Å². The molecule has 3 N–H and O–H groups in total. The average Bonchev–Trinajstić information content (AvgIpc) is 2.37. The fraction of sp³-hybridized carbons (Fsp3) is 0.385. The lowest BCUT2D eigenvalue weighted by molar-refractivity contribution is -0.137. The van der Waals surface area contributed by atoms with Crippen LogP contribution in [0.1, 0.15) is 28.8 Å². The van der Waals surface area contributed by atoms with Gasteiger partial charge in [0.05, 0.1) is 4.90 Å². The molecule has 116 valence electrons. The zero-order valence-electron chi connectivity index (χ0n) is 11.9. The number of amides is 1. The minimum absolute atomic E-state index is 0.0419. The summed E-state index contributed by atoms with van der Waals surface area (Å²) in [5.41, 5.74) is 5.94. The van der Waals surface area contributed by atoms with Gasteiger partial charge in [0.15, 0.2) is 0 Å². The van der Waals surface area contributed by atoms with Crippen LogP contribution in [-0.2, 0) is 14.8 Å². The zero-order valence-corrected chi connectivity index (χ0v) is 12.7. The highest BCUT2D eigenvalue weighted by atomic mass is 32.2. The van der Waals surface area contributed by atoms with Gasteiger partial charge in [-0.1, -0.05) is 6.07 Å². The van der Waals surface area contributed by atoms with Gasteiger partial charge < -0.3 is 10.8 Å². The first-order valence-electron chi connectivity index (χ1n) is 6.25. The van der Waals surface area contributed by atoms with Gasteiger partial charge in [-0.25, -0.2) is 12.7 Å². The molecule has 0 heterocycles. The Hall–Kier alpha value is -1.93. The van der Waals surface area contributed by atoms with E-state index in [0.717, 1.165) is 4.31 Å². The van der Waals surface area contributed by atoms with Crippen LogP contribution in [-0.4, -0.2) is 43.3 Å². The summed E-state index contributed by atoms with van der Waals surface area (Å²) in [5.74, 6) is -1.68. The Kier molecular flexibility index (Phi) is 5.45. The summed E-state index contributed by atoms with van der Waals surface area (Å²) < 4.78 is 25.7. The van der Waals surface area contributed by atoms with E-state index in [2.05, 4.69) is 0 Å². The van der Waals surface area contributed by atoms with Crippen molar-refractivity contribution in [2.24, 2.45) is 5.73 Å². The topological polar surface area (TPSA) is 118 Å². The second-order valence-electron chi connectivity index (χ2n) is 4.66. The Morgan fingerprint density at radius 3 is 2.48 bits per heavy atom. The molecule has 0 aliphatic carbocycles. The minimum atomic E-state index is -3.78. The lowest BCUT2D eigenvalue weighted by Gasteiger charge is -2.17. The van der Waals surface area contributed by atoms with Crippen molar-refractivity contribution in [1.82, 2.24) is 4.31 Å². The maximum Gasteiger partial charge on any atom is 0.303 e. The highest BCUT2D eigenvalue weighted by molar-refractivity contribution is 7.89. The largest absolute Gasteiger partial charge is 0.481 e. The van der Waals surface area contributed by atoms with Crippen LogP contribution in [0.4, 0.5) is 0 Å². The molecule has 1 aromatic carbocycles. The molecule has 1 amide bonds. The van der Waals surface area contributed by atoms with Gasteiger partial charge in [-0.3, -0.25) is 9.59 Å². The number of carboxylic acid groups (broad SMARTS) is 1. The molecule has 0 saturated carbocycles. The Labute approximate surface area is 123 Å². The molecular weight excluding hydrogens is 296 g/mol. The Bertz CT molecular complexity index is 655. The Morgan fingerprint density at radius 1 is 1.33 bits per heavy atom. The average molecular weight is 314 g/mol. The van der Waals surface area contributed by atoms with Crippen LogP contribution in [0.25, 0.3) is 0 Å². The first-order valence-corrected chi connectivity index (χ1v) is 7.69. The first kappa shape index (κ1) is 17.1. The summed E-state index contributed by atoms with van der Waals surface area (Å²) in [6.45, 7) is 1.74. The van der Waals surface area contributed by atoms with Gasteiger partial charge in [0.25, 0.3) is 0 Å². The number of nitrogens with two attached hydrogens (primary N) is 1. The van der Waals surface area contributed by atoms with Crippen molar-refractivity contribution < 1.29 is 23.1 Å². The molecule has 0 atom stereocenters. The minimum Gasteiger partial charge on any atom is -0.481 e. The van der Waals surface area contributed by atoms with E-state index in [-0.39, 0.29) is 29.8 Å². The third kappa shape index (κ3) is 4.27. The summed E-state index contributed by atoms with van der Waals surface area (Å²) in [6.07, 6.45) is 0.0971. The van der Waals surface area contributed by atoms with Crippen LogP contribution in [0.3, 0.4) is 0 Å². The smallest absolute Gasteiger partial charge is 0.303 e. The van der Waals surface area contributed by atoms with Gasteiger partial charge in [-0.2, -0.15) is 0 Å². The Morgan fingerprint density at radius 2 is 1.95 bits per heavy atom. The number of benzene rings is 1. The second-order valence-corrected chi connectivity index (χ2v) is 6.71. The molecule has 0 spiro atoms. The molecule has 0 aliphatic heterocycles. The van der Waals surface area contributed by atoms with Crippen LogP contribution >= 0.6 is 0 Å². The molecule has 0 saturated heterocycles. The summed E-state index contributed by atoms with van der Waals surface area (Å²) in [6, 6.07) is 4.14. The maximum absolute atomic E-state index is 12.3. The van der Waals surface area contributed by atoms with Crippen molar-refractivity contribution >= 4 is 21.9 Å². The van der Waals surface area contributed by atoms with Crippen molar-refractivity contribution in [3.63, 3.8) is 0 Å². The SMILES string of the molecule is Cc1ccc(S(=O)(=O)N(C)CCCC(=O)O)cc1C(N)=O. The van der Waals surface area contributed by atoms with Crippen LogP contribution in [0.2, 0.25) is 0 Å². The summed E-state index contributed by atoms with van der Waals surface area (Å²) in [4.78, 5) is 21.7. The van der Waals surface area contributed by atoms with Crippen molar-refractivity contribution in [2.75, 3.05) is 13.6 Å².